The first-order valence-corrected chi connectivity index (χ1v) is 10.0. The van der Waals surface area contributed by atoms with Crippen LogP contribution in [0.5, 0.6) is 0 Å². The van der Waals surface area contributed by atoms with Gasteiger partial charge in [0.2, 0.25) is 0 Å². The third-order valence-corrected chi connectivity index (χ3v) is 6.25. The Bertz CT molecular complexity index is 847. The Kier molecular flexibility index (Phi) is 5.20. The summed E-state index contributed by atoms with van der Waals surface area (Å²) in [6.07, 6.45) is 13.1. The van der Waals surface area contributed by atoms with E-state index in [-0.39, 0.29) is 17.3 Å². The van der Waals surface area contributed by atoms with Crippen molar-refractivity contribution in [2.24, 2.45) is 0 Å². The number of aryl methyl sites for hydroxylation is 1. The van der Waals surface area contributed by atoms with Crippen molar-refractivity contribution in [1.82, 2.24) is 0 Å². The van der Waals surface area contributed by atoms with E-state index in [1.165, 1.54) is 40.7 Å². The van der Waals surface area contributed by atoms with Gasteiger partial charge in [-0.2, -0.15) is 0 Å². The Hall–Kier alpha value is -2.09. The minimum Gasteiger partial charge on any atom is -0.481 e. The Labute approximate surface area is 163 Å². The third-order valence-electron chi connectivity index (χ3n) is 6.25. The number of carboxylic acid groups (broad SMARTS) is 1. The number of allylic oxidation sites excluding steroid dienone is 5. The van der Waals surface area contributed by atoms with E-state index >= 15 is 0 Å². The molecule has 2 nitrogen and oxygen atoms in total. The van der Waals surface area contributed by atoms with E-state index < -0.39 is 5.97 Å². The van der Waals surface area contributed by atoms with E-state index in [4.69, 9.17) is 5.11 Å². The molecule has 3 rings (SSSR count). The Morgan fingerprint density at radius 1 is 1.11 bits per heavy atom. The highest BCUT2D eigenvalue weighted by atomic mass is 16.4. The topological polar surface area (TPSA) is 37.3 Å². The fourth-order valence-electron chi connectivity index (χ4n) is 4.40. The standard InChI is InChI=1S/C25H32O2/c1-17(14-23(26)27)8-6-9-18-10-7-11-19-15-21-22(16-20(18)19)25(4,5)13-12-24(21,2)3/h6,8-10,15-16H,7,11-14H2,1-5H3,(H,26,27)/b9-6+,17-8+. The first kappa shape index (κ1) is 19.7. The third kappa shape index (κ3) is 4.10. The molecule has 2 aliphatic carbocycles. The molecule has 0 unspecified atom stereocenters. The molecule has 0 heterocycles. The van der Waals surface area contributed by atoms with Crippen LogP contribution in [0.4, 0.5) is 0 Å². The maximum atomic E-state index is 10.8. The average molecular weight is 365 g/mol. The molecule has 1 N–H and O–H groups in total. The van der Waals surface area contributed by atoms with Gasteiger partial charge in [0.15, 0.2) is 0 Å². The number of hydrogen-bond acceptors (Lipinski definition) is 1. The normalized spacial score (nSPS) is 20.8. The zero-order valence-electron chi connectivity index (χ0n) is 17.4. The van der Waals surface area contributed by atoms with Crippen molar-refractivity contribution in [3.63, 3.8) is 0 Å². The second-order valence-corrected chi connectivity index (χ2v) is 9.46. The number of hydrogen-bond donors (Lipinski definition) is 1. The molecule has 2 heteroatoms. The number of carboxylic acids is 1. The molecular weight excluding hydrogens is 332 g/mol. The summed E-state index contributed by atoms with van der Waals surface area (Å²) in [5, 5.41) is 8.89. The molecule has 0 bridgehead atoms. The second kappa shape index (κ2) is 7.14. The van der Waals surface area contributed by atoms with E-state index in [9.17, 15) is 4.79 Å². The molecule has 0 amide bonds. The fraction of sp³-hybridized carbons (Fsp3) is 0.480. The summed E-state index contributed by atoms with van der Waals surface area (Å²) in [5.41, 5.74) is 8.41. The summed E-state index contributed by atoms with van der Waals surface area (Å²) >= 11 is 0. The molecule has 0 spiro atoms. The van der Waals surface area contributed by atoms with Gasteiger partial charge in [-0.3, -0.25) is 4.79 Å². The van der Waals surface area contributed by atoms with E-state index in [0.29, 0.717) is 0 Å². The zero-order chi connectivity index (χ0) is 19.8. The average Bonchev–Trinajstić information content (AvgIpc) is 2.57. The molecule has 1 aromatic carbocycles. The predicted octanol–water partition coefficient (Wildman–Crippen LogP) is 6.34. The number of rotatable bonds is 4. The smallest absolute Gasteiger partial charge is 0.307 e. The van der Waals surface area contributed by atoms with Gasteiger partial charge in [-0.25, -0.2) is 0 Å². The SMILES string of the molecule is C/C(=C\C=C\C1=CCCc2cc3c(cc21)C(C)(C)CCC3(C)C)CC(=O)O. The number of benzene rings is 1. The van der Waals surface area contributed by atoms with Crippen molar-refractivity contribution in [3.8, 4) is 0 Å². The monoisotopic (exact) mass is 364 g/mol. The number of carbonyl (C=O) groups is 1. The van der Waals surface area contributed by atoms with Crippen LogP contribution in [0.15, 0.2) is 42.0 Å². The first-order valence-electron chi connectivity index (χ1n) is 10.0. The van der Waals surface area contributed by atoms with Crippen molar-refractivity contribution in [1.29, 1.82) is 0 Å². The van der Waals surface area contributed by atoms with Gasteiger partial charge in [0.25, 0.3) is 0 Å². The van der Waals surface area contributed by atoms with E-state index in [1.54, 1.807) is 0 Å². The lowest BCUT2D eigenvalue weighted by Crippen LogP contribution is -2.34. The molecule has 0 fully saturated rings. The lowest BCUT2D eigenvalue weighted by Gasteiger charge is -2.43. The van der Waals surface area contributed by atoms with Crippen LogP contribution < -0.4 is 0 Å². The lowest BCUT2D eigenvalue weighted by molar-refractivity contribution is -0.136. The Balaban J connectivity index is 1.98. The molecule has 0 saturated heterocycles. The first-order chi connectivity index (χ1) is 12.6. The van der Waals surface area contributed by atoms with Gasteiger partial charge in [0.1, 0.15) is 0 Å². The van der Waals surface area contributed by atoms with Crippen LogP contribution in [0, 0.1) is 0 Å². The minimum atomic E-state index is -0.782. The molecule has 0 saturated carbocycles. The fourth-order valence-corrected chi connectivity index (χ4v) is 4.40. The Morgan fingerprint density at radius 2 is 1.74 bits per heavy atom. The molecule has 2 aliphatic rings. The molecule has 0 radical (unpaired) electrons. The van der Waals surface area contributed by atoms with Crippen molar-refractivity contribution >= 4 is 11.5 Å². The van der Waals surface area contributed by atoms with Gasteiger partial charge in [0, 0.05) is 0 Å². The van der Waals surface area contributed by atoms with E-state index in [0.717, 1.165) is 18.4 Å². The number of fused-ring (bicyclic) bond motifs is 2. The van der Waals surface area contributed by atoms with Crippen LogP contribution in [0.2, 0.25) is 0 Å². The molecule has 0 aromatic heterocycles. The summed E-state index contributed by atoms with van der Waals surface area (Å²) < 4.78 is 0. The summed E-state index contributed by atoms with van der Waals surface area (Å²) in [4.78, 5) is 10.8. The van der Waals surface area contributed by atoms with Crippen molar-refractivity contribution in [3.05, 3.63) is 64.3 Å². The largest absolute Gasteiger partial charge is 0.481 e. The molecule has 1 aromatic rings. The number of aliphatic carboxylic acids is 1. The van der Waals surface area contributed by atoms with Gasteiger partial charge < -0.3 is 5.11 Å². The highest BCUT2D eigenvalue weighted by molar-refractivity contribution is 5.79. The predicted molar refractivity (Wildman–Crippen MR) is 113 cm³/mol. The zero-order valence-corrected chi connectivity index (χ0v) is 17.4. The van der Waals surface area contributed by atoms with Crippen LogP contribution in [-0.4, -0.2) is 11.1 Å². The lowest BCUT2D eigenvalue weighted by atomic mass is 9.62. The summed E-state index contributed by atoms with van der Waals surface area (Å²) in [6, 6.07) is 4.91. The van der Waals surface area contributed by atoms with Crippen LogP contribution >= 0.6 is 0 Å². The molecule has 0 aliphatic heterocycles. The molecule has 0 atom stereocenters. The van der Waals surface area contributed by atoms with E-state index in [2.05, 4.69) is 52.0 Å². The van der Waals surface area contributed by atoms with Gasteiger partial charge in [-0.1, -0.05) is 69.7 Å². The van der Waals surface area contributed by atoms with Crippen molar-refractivity contribution in [2.75, 3.05) is 0 Å². The highest BCUT2D eigenvalue weighted by Gasteiger charge is 2.37. The minimum absolute atomic E-state index is 0.0940. The summed E-state index contributed by atoms with van der Waals surface area (Å²) in [7, 11) is 0. The molecule has 144 valence electrons. The van der Waals surface area contributed by atoms with Crippen LogP contribution in [-0.2, 0) is 22.0 Å². The summed E-state index contributed by atoms with van der Waals surface area (Å²) in [6.45, 7) is 11.4. The van der Waals surface area contributed by atoms with Crippen molar-refractivity contribution in [2.45, 2.75) is 77.6 Å². The summed E-state index contributed by atoms with van der Waals surface area (Å²) in [5.74, 6) is -0.782. The highest BCUT2D eigenvalue weighted by Crippen LogP contribution is 2.47. The van der Waals surface area contributed by atoms with Crippen LogP contribution in [0.1, 0.15) is 82.6 Å². The molecular formula is C25H32O2. The van der Waals surface area contributed by atoms with Crippen molar-refractivity contribution < 1.29 is 9.90 Å². The van der Waals surface area contributed by atoms with Crippen LogP contribution in [0.25, 0.3) is 5.57 Å². The van der Waals surface area contributed by atoms with Crippen LogP contribution in [0.3, 0.4) is 0 Å². The Morgan fingerprint density at radius 3 is 2.37 bits per heavy atom. The quantitative estimate of drug-likeness (QED) is 0.633. The second-order valence-electron chi connectivity index (χ2n) is 9.46. The van der Waals surface area contributed by atoms with Gasteiger partial charge in [-0.15, -0.1) is 0 Å². The van der Waals surface area contributed by atoms with Gasteiger partial charge in [0.05, 0.1) is 6.42 Å². The maximum Gasteiger partial charge on any atom is 0.307 e. The van der Waals surface area contributed by atoms with Gasteiger partial charge in [-0.05, 0) is 71.3 Å². The van der Waals surface area contributed by atoms with E-state index in [1.807, 2.05) is 19.1 Å². The molecule has 27 heavy (non-hydrogen) atoms. The maximum absolute atomic E-state index is 10.8. The van der Waals surface area contributed by atoms with Gasteiger partial charge >= 0.3 is 5.97 Å².